The Morgan fingerprint density at radius 1 is 1.00 bits per heavy atom. The van der Waals surface area contributed by atoms with Crippen molar-refractivity contribution < 1.29 is 19.4 Å². The van der Waals surface area contributed by atoms with E-state index in [4.69, 9.17) is 4.74 Å². The van der Waals surface area contributed by atoms with Crippen LogP contribution in [0.15, 0.2) is 48.5 Å². The number of benzene rings is 2. The summed E-state index contributed by atoms with van der Waals surface area (Å²) in [6, 6.07) is 16.5. The summed E-state index contributed by atoms with van der Waals surface area (Å²) < 4.78 is 5.60. The Morgan fingerprint density at radius 3 is 2.31 bits per heavy atom. The van der Waals surface area contributed by atoms with Crippen molar-refractivity contribution in [2.75, 3.05) is 13.1 Å². The van der Waals surface area contributed by atoms with E-state index in [1.165, 1.54) is 29.5 Å². The van der Waals surface area contributed by atoms with Gasteiger partial charge in [0.15, 0.2) is 5.60 Å². The summed E-state index contributed by atoms with van der Waals surface area (Å²) in [7, 11) is 0. The number of rotatable bonds is 14. The topological polar surface area (TPSA) is 70.1 Å². The molecule has 2 aromatic rings. The number of aryl methyl sites for hydroxylation is 2. The maximum Gasteiger partial charge on any atom is 0.347 e. The summed E-state index contributed by atoms with van der Waals surface area (Å²) in [5.74, 6) is -0.439. The maximum absolute atomic E-state index is 13.3. The second-order valence-electron chi connectivity index (χ2n) is 10.5. The largest absolute Gasteiger partial charge is 0.478 e. The third kappa shape index (κ3) is 7.74. The van der Waals surface area contributed by atoms with Crippen LogP contribution in [0.5, 0.6) is 5.75 Å². The highest BCUT2D eigenvalue weighted by atomic mass is 16.5. The maximum atomic E-state index is 13.3. The number of aliphatic carboxylic acids is 1. The molecule has 0 aromatic heterocycles. The molecule has 1 N–H and O–H groups in total. The normalized spacial score (nSPS) is 16.0. The van der Waals surface area contributed by atoms with Crippen LogP contribution < -0.4 is 4.74 Å². The summed E-state index contributed by atoms with van der Waals surface area (Å²) >= 11 is 0. The van der Waals surface area contributed by atoms with Crippen LogP contribution in [-0.2, 0) is 17.8 Å². The van der Waals surface area contributed by atoms with E-state index in [-0.39, 0.29) is 12.1 Å². The molecule has 0 radical (unpaired) electrons. The van der Waals surface area contributed by atoms with Crippen LogP contribution in [0.2, 0.25) is 0 Å². The van der Waals surface area contributed by atoms with Gasteiger partial charge in [-0.2, -0.15) is 0 Å². The molecule has 6 nitrogen and oxygen atoms in total. The predicted octanol–water partition coefficient (Wildman–Crippen LogP) is 6.45. The van der Waals surface area contributed by atoms with Gasteiger partial charge in [0.05, 0.1) is 6.04 Å². The highest BCUT2D eigenvalue weighted by molar-refractivity contribution is 5.77. The van der Waals surface area contributed by atoms with Crippen LogP contribution in [0.4, 0.5) is 4.79 Å². The van der Waals surface area contributed by atoms with E-state index in [2.05, 4.69) is 43.0 Å². The van der Waals surface area contributed by atoms with Gasteiger partial charge in [0, 0.05) is 19.6 Å². The zero-order valence-corrected chi connectivity index (χ0v) is 22.3. The van der Waals surface area contributed by atoms with E-state index in [1.807, 2.05) is 29.2 Å². The molecule has 1 unspecified atom stereocenters. The molecule has 2 amide bonds. The van der Waals surface area contributed by atoms with Gasteiger partial charge in [-0.1, -0.05) is 68.1 Å². The molecule has 1 heterocycles. The van der Waals surface area contributed by atoms with E-state index in [0.717, 1.165) is 45.2 Å². The second-order valence-corrected chi connectivity index (χ2v) is 10.5. The zero-order valence-electron chi connectivity index (χ0n) is 22.3. The standard InChI is InChI=1S/C30H42N2O4/c1-5-6-7-8-20-32-26(22-31(29(32)35)21-25-14-12-23(2)13-15-25)11-9-10-24-16-18-27(19-17-24)36-30(3,4)28(33)34/h12-19,26H,5-11,20-22H2,1-4H3,(H,33,34). The molecule has 0 aliphatic carbocycles. The number of urea groups is 1. The van der Waals surface area contributed by atoms with E-state index in [9.17, 15) is 14.7 Å². The van der Waals surface area contributed by atoms with Crippen molar-refractivity contribution in [2.45, 2.75) is 90.8 Å². The van der Waals surface area contributed by atoms with Crippen molar-refractivity contribution in [1.82, 2.24) is 9.80 Å². The van der Waals surface area contributed by atoms with Crippen LogP contribution >= 0.6 is 0 Å². The number of nitrogens with zero attached hydrogens (tertiary/aromatic N) is 2. The van der Waals surface area contributed by atoms with Gasteiger partial charge in [-0.15, -0.1) is 0 Å². The summed E-state index contributed by atoms with van der Waals surface area (Å²) in [5.41, 5.74) is 2.33. The molecule has 1 atom stereocenters. The lowest BCUT2D eigenvalue weighted by Gasteiger charge is -2.23. The second kappa shape index (κ2) is 12.8. The SMILES string of the molecule is CCCCCCN1C(=O)N(Cc2ccc(C)cc2)CC1CCCc1ccc(OC(C)(C)C(=O)O)cc1. The summed E-state index contributed by atoms with van der Waals surface area (Å²) in [6.45, 7) is 9.64. The number of carboxylic acid groups (broad SMARTS) is 1. The monoisotopic (exact) mass is 494 g/mol. The molecule has 2 aromatic carbocycles. The molecule has 1 saturated heterocycles. The number of amides is 2. The lowest BCUT2D eigenvalue weighted by molar-refractivity contribution is -0.152. The fraction of sp³-hybridized carbons (Fsp3) is 0.533. The first-order chi connectivity index (χ1) is 17.2. The van der Waals surface area contributed by atoms with Gasteiger partial charge in [-0.3, -0.25) is 0 Å². The average Bonchev–Trinajstić information content (AvgIpc) is 3.13. The molecule has 6 heteroatoms. The number of hydrogen-bond acceptors (Lipinski definition) is 3. The van der Waals surface area contributed by atoms with Crippen LogP contribution in [0, 0.1) is 6.92 Å². The van der Waals surface area contributed by atoms with Crippen molar-refractivity contribution >= 4 is 12.0 Å². The van der Waals surface area contributed by atoms with Gasteiger partial charge in [0.2, 0.25) is 0 Å². The fourth-order valence-corrected chi connectivity index (χ4v) is 4.65. The lowest BCUT2D eigenvalue weighted by Crippen LogP contribution is -2.37. The third-order valence-corrected chi connectivity index (χ3v) is 6.95. The van der Waals surface area contributed by atoms with E-state index < -0.39 is 11.6 Å². The molecule has 1 aliphatic rings. The highest BCUT2D eigenvalue weighted by Gasteiger charge is 2.36. The molecule has 1 fully saturated rings. The van der Waals surface area contributed by atoms with Crippen molar-refractivity contribution in [1.29, 1.82) is 0 Å². The van der Waals surface area contributed by atoms with Gasteiger partial charge in [-0.05, 0) is 69.7 Å². The minimum absolute atomic E-state index is 0.166. The number of ether oxygens (including phenoxy) is 1. The smallest absolute Gasteiger partial charge is 0.347 e. The van der Waals surface area contributed by atoms with E-state index in [0.29, 0.717) is 12.3 Å². The average molecular weight is 495 g/mol. The fourth-order valence-electron chi connectivity index (χ4n) is 4.65. The van der Waals surface area contributed by atoms with Gasteiger partial charge in [0.1, 0.15) is 5.75 Å². The Bertz CT molecular complexity index is 985. The van der Waals surface area contributed by atoms with Gasteiger partial charge in [-0.25, -0.2) is 9.59 Å². The number of hydrogen-bond donors (Lipinski definition) is 1. The molecule has 0 spiro atoms. The Balaban J connectivity index is 1.56. The minimum atomic E-state index is -1.26. The van der Waals surface area contributed by atoms with Gasteiger partial charge in [0.25, 0.3) is 0 Å². The summed E-state index contributed by atoms with van der Waals surface area (Å²) in [5, 5.41) is 9.25. The number of unbranched alkanes of at least 4 members (excludes halogenated alkanes) is 3. The van der Waals surface area contributed by atoms with Crippen molar-refractivity contribution in [3.63, 3.8) is 0 Å². The van der Waals surface area contributed by atoms with Crippen molar-refractivity contribution in [2.24, 2.45) is 0 Å². The molecule has 0 saturated carbocycles. The molecular weight excluding hydrogens is 452 g/mol. The molecular formula is C30H42N2O4. The van der Waals surface area contributed by atoms with E-state index in [1.54, 1.807) is 13.8 Å². The summed E-state index contributed by atoms with van der Waals surface area (Å²) in [4.78, 5) is 28.7. The molecule has 1 aliphatic heterocycles. The number of carbonyl (C=O) groups excluding carboxylic acids is 1. The quantitative estimate of drug-likeness (QED) is 0.307. The first-order valence-electron chi connectivity index (χ1n) is 13.3. The minimum Gasteiger partial charge on any atom is -0.478 e. The summed E-state index contributed by atoms with van der Waals surface area (Å²) in [6.07, 6.45) is 7.49. The first kappa shape index (κ1) is 27.6. The van der Waals surface area contributed by atoms with Crippen molar-refractivity contribution in [3.8, 4) is 5.75 Å². The zero-order chi connectivity index (χ0) is 26.1. The van der Waals surface area contributed by atoms with Crippen LogP contribution in [-0.4, -0.2) is 51.6 Å². The third-order valence-electron chi connectivity index (χ3n) is 6.95. The predicted molar refractivity (Wildman–Crippen MR) is 143 cm³/mol. The molecule has 3 rings (SSSR count). The lowest BCUT2D eigenvalue weighted by atomic mass is 10.0. The van der Waals surface area contributed by atoms with Crippen molar-refractivity contribution in [3.05, 3.63) is 65.2 Å². The van der Waals surface area contributed by atoms with E-state index >= 15 is 0 Å². The number of carboxylic acids is 1. The highest BCUT2D eigenvalue weighted by Crippen LogP contribution is 2.25. The Labute approximate surface area is 216 Å². The van der Waals surface area contributed by atoms with Gasteiger partial charge >= 0.3 is 12.0 Å². The van der Waals surface area contributed by atoms with Crippen LogP contribution in [0.1, 0.15) is 76.0 Å². The Hall–Kier alpha value is -3.02. The Morgan fingerprint density at radius 2 is 1.67 bits per heavy atom. The molecule has 196 valence electrons. The molecule has 0 bridgehead atoms. The van der Waals surface area contributed by atoms with Crippen LogP contribution in [0.3, 0.4) is 0 Å². The van der Waals surface area contributed by atoms with Gasteiger partial charge < -0.3 is 19.6 Å². The Kier molecular flexibility index (Phi) is 9.80. The number of carbonyl (C=O) groups is 2. The molecule has 36 heavy (non-hydrogen) atoms. The first-order valence-corrected chi connectivity index (χ1v) is 13.3. The van der Waals surface area contributed by atoms with Crippen LogP contribution in [0.25, 0.3) is 0 Å².